The van der Waals surface area contributed by atoms with Gasteiger partial charge in [-0.15, -0.1) is 0 Å². The van der Waals surface area contributed by atoms with Gasteiger partial charge in [-0.1, -0.05) is 0 Å². The maximum absolute atomic E-state index is 5.95. The molecule has 2 unspecified atom stereocenters. The summed E-state index contributed by atoms with van der Waals surface area (Å²) in [6.07, 6.45) is 4.04. The molecule has 216 valence electrons. The van der Waals surface area contributed by atoms with Gasteiger partial charge in [0.25, 0.3) is 0 Å². The van der Waals surface area contributed by atoms with Crippen LogP contribution in [-0.4, -0.2) is 50.2 Å². The van der Waals surface area contributed by atoms with Crippen LogP contribution < -0.4 is 15.5 Å². The summed E-state index contributed by atoms with van der Waals surface area (Å²) in [7, 11) is 0. The summed E-state index contributed by atoms with van der Waals surface area (Å²) >= 11 is 0. The van der Waals surface area contributed by atoms with E-state index in [0.717, 1.165) is 80.7 Å². The van der Waals surface area contributed by atoms with Gasteiger partial charge in [-0.25, -0.2) is 4.98 Å². The number of aryl methyl sites for hydroxylation is 2. The molecule has 0 spiro atoms. The van der Waals surface area contributed by atoms with E-state index in [4.69, 9.17) is 19.7 Å². The molecule has 7 rings (SSSR count). The molecule has 5 heterocycles. The van der Waals surface area contributed by atoms with Crippen LogP contribution in [0.5, 0.6) is 0 Å². The van der Waals surface area contributed by atoms with Crippen molar-refractivity contribution in [3.05, 3.63) is 90.5 Å². The number of morpholine rings is 1. The van der Waals surface area contributed by atoms with Crippen LogP contribution in [0.4, 0.5) is 28.4 Å². The third-order valence-electron chi connectivity index (χ3n) is 7.66. The van der Waals surface area contributed by atoms with Gasteiger partial charge in [-0.2, -0.15) is 0 Å². The molecule has 0 saturated carbocycles. The molecule has 0 aliphatic carbocycles. The number of fused-ring (bicyclic) bond motifs is 2. The van der Waals surface area contributed by atoms with Crippen LogP contribution in [0.15, 0.2) is 79.1 Å². The van der Waals surface area contributed by atoms with Crippen molar-refractivity contribution >= 4 is 50.4 Å². The van der Waals surface area contributed by atoms with Crippen molar-refractivity contribution in [2.75, 3.05) is 28.6 Å². The number of hydrogen-bond acceptors (Lipinski definition) is 8. The Bertz CT molecular complexity index is 1920. The topological polar surface area (TPSA) is 104 Å². The zero-order valence-corrected chi connectivity index (χ0v) is 24.7. The number of ether oxygens (including phenoxy) is 1. The highest BCUT2D eigenvalue weighted by atomic mass is 16.5. The lowest BCUT2D eigenvalue weighted by Crippen LogP contribution is -2.45. The molecule has 43 heavy (non-hydrogen) atoms. The molecule has 0 amide bonds. The highest BCUT2D eigenvalue weighted by molar-refractivity contribution is 5.95. The third-order valence-corrected chi connectivity index (χ3v) is 7.66. The lowest BCUT2D eigenvalue weighted by atomic mass is 10.1. The molecule has 1 aliphatic rings. The second-order valence-electron chi connectivity index (χ2n) is 11.4. The number of nitrogens with one attached hydrogen (secondary N) is 3. The molecule has 6 aromatic rings. The zero-order valence-electron chi connectivity index (χ0n) is 24.7. The first-order valence-corrected chi connectivity index (χ1v) is 14.6. The molecule has 1 saturated heterocycles. The van der Waals surface area contributed by atoms with Crippen LogP contribution >= 0.6 is 0 Å². The van der Waals surface area contributed by atoms with Crippen molar-refractivity contribution in [3.63, 3.8) is 0 Å². The van der Waals surface area contributed by atoms with Gasteiger partial charge in [0.05, 0.1) is 40.6 Å². The fourth-order valence-electron chi connectivity index (χ4n) is 5.80. The van der Waals surface area contributed by atoms with E-state index >= 15 is 0 Å². The van der Waals surface area contributed by atoms with E-state index in [1.165, 1.54) is 5.69 Å². The lowest BCUT2D eigenvalue weighted by molar-refractivity contribution is -0.00521. The molecule has 4 aromatic heterocycles. The van der Waals surface area contributed by atoms with Gasteiger partial charge < -0.3 is 25.3 Å². The molecule has 2 aromatic carbocycles. The Morgan fingerprint density at radius 3 is 2.35 bits per heavy atom. The number of aromatic nitrogens is 5. The minimum Gasteiger partial charge on any atom is -0.372 e. The summed E-state index contributed by atoms with van der Waals surface area (Å²) in [5, 5.41) is 8.09. The predicted octanol–water partition coefficient (Wildman–Crippen LogP) is 7.29. The highest BCUT2D eigenvalue weighted by Crippen LogP contribution is 2.32. The normalized spacial score (nSPS) is 17.0. The van der Waals surface area contributed by atoms with E-state index in [0.29, 0.717) is 0 Å². The summed E-state index contributed by atoms with van der Waals surface area (Å²) in [6.45, 7) is 9.99. The van der Waals surface area contributed by atoms with Crippen LogP contribution in [-0.2, 0) is 4.74 Å². The monoisotopic (exact) mass is 570 g/mol. The van der Waals surface area contributed by atoms with Crippen molar-refractivity contribution in [1.29, 1.82) is 0 Å². The van der Waals surface area contributed by atoms with Gasteiger partial charge in [0.15, 0.2) is 5.82 Å². The Morgan fingerprint density at radius 2 is 1.56 bits per heavy atom. The van der Waals surface area contributed by atoms with Gasteiger partial charge in [-0.05, 0) is 94.4 Å². The Kier molecular flexibility index (Phi) is 6.87. The summed E-state index contributed by atoms with van der Waals surface area (Å²) in [4.78, 5) is 24.4. The Hall–Kier alpha value is -5.02. The predicted molar refractivity (Wildman–Crippen MR) is 174 cm³/mol. The maximum Gasteiger partial charge on any atom is 0.157 e. The average molecular weight is 571 g/mol. The van der Waals surface area contributed by atoms with E-state index in [9.17, 15) is 0 Å². The minimum atomic E-state index is 0.194. The average Bonchev–Trinajstić information content (AvgIpc) is 3.40. The number of benzene rings is 2. The Balaban J connectivity index is 1.12. The van der Waals surface area contributed by atoms with Gasteiger partial charge in [-0.3, -0.25) is 15.0 Å². The number of imidazole rings is 1. The zero-order chi connectivity index (χ0) is 29.5. The highest BCUT2D eigenvalue weighted by Gasteiger charge is 2.23. The van der Waals surface area contributed by atoms with Crippen LogP contribution in [0.3, 0.4) is 0 Å². The van der Waals surface area contributed by atoms with Crippen molar-refractivity contribution < 1.29 is 4.74 Å². The Morgan fingerprint density at radius 1 is 0.767 bits per heavy atom. The van der Waals surface area contributed by atoms with Crippen molar-refractivity contribution in [2.45, 2.75) is 39.9 Å². The SMILES string of the molecule is Cc1cc(Nc2ccc3nc(-c4ccc(Nc5cc(C)nc6ccc(N7CC(C)OC(C)C7)cc56)cn4)[nH]c3c2)ccn1. The number of aromatic amines is 1. The molecule has 9 heteroatoms. The fraction of sp³-hybridized carbons (Fsp3) is 0.235. The van der Waals surface area contributed by atoms with Gasteiger partial charge >= 0.3 is 0 Å². The molecule has 0 bridgehead atoms. The number of hydrogen-bond donors (Lipinski definition) is 3. The first-order valence-electron chi connectivity index (χ1n) is 14.6. The number of nitrogens with zero attached hydrogens (tertiary/aromatic N) is 5. The number of rotatable bonds is 6. The molecular formula is C34H34N8O. The van der Waals surface area contributed by atoms with E-state index < -0.39 is 0 Å². The summed E-state index contributed by atoms with van der Waals surface area (Å²) in [5.74, 6) is 0.724. The summed E-state index contributed by atoms with van der Waals surface area (Å²) in [6, 6.07) is 22.6. The molecule has 0 radical (unpaired) electrons. The van der Waals surface area contributed by atoms with Gasteiger partial charge in [0.2, 0.25) is 0 Å². The van der Waals surface area contributed by atoms with Gasteiger partial charge in [0.1, 0.15) is 5.69 Å². The van der Waals surface area contributed by atoms with Crippen molar-refractivity contribution in [1.82, 2.24) is 24.9 Å². The quantitative estimate of drug-likeness (QED) is 0.192. The largest absolute Gasteiger partial charge is 0.372 e. The first kappa shape index (κ1) is 26.9. The van der Waals surface area contributed by atoms with Crippen molar-refractivity contribution in [2.24, 2.45) is 0 Å². The van der Waals surface area contributed by atoms with E-state index in [1.807, 2.05) is 56.4 Å². The number of pyridine rings is 3. The van der Waals surface area contributed by atoms with Crippen LogP contribution in [0.1, 0.15) is 25.2 Å². The molecule has 1 fully saturated rings. The van der Waals surface area contributed by atoms with Crippen LogP contribution in [0.2, 0.25) is 0 Å². The van der Waals surface area contributed by atoms with Crippen LogP contribution in [0, 0.1) is 13.8 Å². The molecule has 2 atom stereocenters. The molecule has 1 aliphatic heterocycles. The smallest absolute Gasteiger partial charge is 0.157 e. The van der Waals surface area contributed by atoms with E-state index in [2.05, 4.69) is 69.7 Å². The third kappa shape index (κ3) is 5.72. The number of H-pyrrole nitrogens is 1. The Labute approximate surface area is 250 Å². The summed E-state index contributed by atoms with van der Waals surface area (Å²) < 4.78 is 5.95. The van der Waals surface area contributed by atoms with Crippen LogP contribution in [0.25, 0.3) is 33.5 Å². The standard InChI is InChI=1S/C34H34N8O/c1-20-13-25(11-12-35-20)38-24-5-8-30-33(15-24)41-34(40-30)31-9-6-26(17-36-31)39-32-14-21(2)37-29-10-7-27(16-28(29)32)42-18-22(3)43-23(4)19-42/h5-17,22-23H,18-19H2,1-4H3,(H,35,38)(H,37,39)(H,40,41). The van der Waals surface area contributed by atoms with Gasteiger partial charge in [0, 0.05) is 58.8 Å². The number of anilines is 5. The second kappa shape index (κ2) is 11.0. The van der Waals surface area contributed by atoms with E-state index in [1.54, 1.807) is 6.20 Å². The minimum absolute atomic E-state index is 0.194. The fourth-order valence-corrected chi connectivity index (χ4v) is 5.80. The molecular weight excluding hydrogens is 536 g/mol. The first-order chi connectivity index (χ1) is 20.9. The van der Waals surface area contributed by atoms with Crippen molar-refractivity contribution in [3.8, 4) is 11.5 Å². The lowest BCUT2D eigenvalue weighted by Gasteiger charge is -2.37. The maximum atomic E-state index is 5.95. The molecule has 9 nitrogen and oxygen atoms in total. The van der Waals surface area contributed by atoms with E-state index in [-0.39, 0.29) is 12.2 Å². The second-order valence-corrected chi connectivity index (χ2v) is 11.4. The summed E-state index contributed by atoms with van der Waals surface area (Å²) in [5.41, 5.74) is 10.5. The molecule has 3 N–H and O–H groups in total.